The molecule has 7 nitrogen and oxygen atoms in total. The van der Waals surface area contributed by atoms with E-state index in [9.17, 15) is 14.4 Å². The van der Waals surface area contributed by atoms with Crippen LogP contribution in [-0.2, 0) is 14.4 Å². The fourth-order valence-electron chi connectivity index (χ4n) is 4.76. The number of carbonyl (C=O) groups is 3. The van der Waals surface area contributed by atoms with Gasteiger partial charge in [0.1, 0.15) is 5.75 Å². The zero-order valence-corrected chi connectivity index (χ0v) is 17.3. The minimum Gasteiger partial charge on any atom is -0.497 e. The fraction of sp³-hybridized carbons (Fsp3) is 0.333. The van der Waals surface area contributed by atoms with Crippen LogP contribution in [0, 0.1) is 11.8 Å². The molecular weight excluding hydrogens is 394 g/mol. The van der Waals surface area contributed by atoms with Crippen LogP contribution in [0.5, 0.6) is 5.75 Å². The number of hydrogen-bond acceptors (Lipinski definition) is 4. The van der Waals surface area contributed by atoms with Gasteiger partial charge in [-0.25, -0.2) is 4.99 Å². The van der Waals surface area contributed by atoms with E-state index in [0.29, 0.717) is 18.0 Å². The number of nitrogens with zero attached hydrogens (tertiary/aromatic N) is 2. The SMILES string of the molecule is COc1ccc(N2CC(C(=O)N=C3C=CC4C(=C3)NC(=O)C3=C4CCC3)CC2=O)cc1. The normalized spacial score (nSPS) is 26.0. The predicted octanol–water partition coefficient (Wildman–Crippen LogP) is 2.70. The first-order chi connectivity index (χ1) is 15.0. The maximum atomic E-state index is 12.8. The van der Waals surface area contributed by atoms with E-state index in [1.54, 1.807) is 30.2 Å². The zero-order valence-electron chi connectivity index (χ0n) is 17.3. The van der Waals surface area contributed by atoms with Crippen molar-refractivity contribution in [1.29, 1.82) is 0 Å². The molecule has 1 N–H and O–H groups in total. The van der Waals surface area contributed by atoms with Crippen LogP contribution < -0.4 is 15.0 Å². The smallest absolute Gasteiger partial charge is 0.251 e. The van der Waals surface area contributed by atoms with E-state index in [0.717, 1.165) is 36.2 Å². The van der Waals surface area contributed by atoms with Crippen LogP contribution in [0.1, 0.15) is 25.7 Å². The summed E-state index contributed by atoms with van der Waals surface area (Å²) in [4.78, 5) is 43.5. The molecule has 1 saturated heterocycles. The van der Waals surface area contributed by atoms with Crippen LogP contribution in [0.2, 0.25) is 0 Å². The fourth-order valence-corrected chi connectivity index (χ4v) is 4.76. The number of fused-ring (bicyclic) bond motifs is 2. The Labute approximate surface area is 180 Å². The molecule has 0 radical (unpaired) electrons. The van der Waals surface area contributed by atoms with E-state index < -0.39 is 5.92 Å². The summed E-state index contributed by atoms with van der Waals surface area (Å²) in [6.07, 6.45) is 8.54. The Morgan fingerprint density at radius 1 is 1.19 bits per heavy atom. The van der Waals surface area contributed by atoms with E-state index in [1.165, 1.54) is 5.57 Å². The molecule has 0 spiro atoms. The van der Waals surface area contributed by atoms with Gasteiger partial charge in [-0.1, -0.05) is 6.08 Å². The highest BCUT2D eigenvalue weighted by molar-refractivity contribution is 6.13. The third-order valence-electron chi connectivity index (χ3n) is 6.36. The Kier molecular flexibility index (Phi) is 4.81. The number of aliphatic imine (C=N–C) groups is 1. The first-order valence-electron chi connectivity index (χ1n) is 10.5. The van der Waals surface area contributed by atoms with Gasteiger partial charge in [-0.2, -0.15) is 0 Å². The second kappa shape index (κ2) is 7.65. The van der Waals surface area contributed by atoms with E-state index in [-0.39, 0.29) is 30.1 Å². The molecule has 158 valence electrons. The third kappa shape index (κ3) is 3.50. The average Bonchev–Trinajstić information content (AvgIpc) is 3.41. The lowest BCUT2D eigenvalue weighted by molar-refractivity contribution is -0.123. The van der Waals surface area contributed by atoms with Crippen molar-refractivity contribution in [1.82, 2.24) is 5.32 Å². The highest BCUT2D eigenvalue weighted by Gasteiger charge is 2.36. The number of anilines is 1. The summed E-state index contributed by atoms with van der Waals surface area (Å²) in [7, 11) is 1.59. The van der Waals surface area contributed by atoms with Crippen molar-refractivity contribution >= 4 is 29.1 Å². The summed E-state index contributed by atoms with van der Waals surface area (Å²) < 4.78 is 5.15. The summed E-state index contributed by atoms with van der Waals surface area (Å²) in [5.41, 5.74) is 4.12. The van der Waals surface area contributed by atoms with Crippen molar-refractivity contribution < 1.29 is 19.1 Å². The third-order valence-corrected chi connectivity index (χ3v) is 6.36. The molecule has 0 bridgehead atoms. The highest BCUT2D eigenvalue weighted by atomic mass is 16.5. The zero-order chi connectivity index (χ0) is 21.5. The van der Waals surface area contributed by atoms with E-state index in [1.807, 2.05) is 24.3 Å². The molecule has 5 rings (SSSR count). The molecule has 0 aromatic heterocycles. The summed E-state index contributed by atoms with van der Waals surface area (Å²) in [5.74, 6) is -0.156. The van der Waals surface area contributed by atoms with Gasteiger partial charge in [0.25, 0.3) is 11.8 Å². The molecule has 1 aromatic carbocycles. The monoisotopic (exact) mass is 417 g/mol. The molecule has 7 heteroatoms. The first-order valence-corrected chi connectivity index (χ1v) is 10.5. The van der Waals surface area contributed by atoms with E-state index in [4.69, 9.17) is 4.74 Å². The number of allylic oxidation sites excluding steroid dienone is 3. The summed E-state index contributed by atoms with van der Waals surface area (Å²) in [5, 5.41) is 2.96. The molecule has 2 aliphatic heterocycles. The Hall–Kier alpha value is -3.48. The second-order valence-corrected chi connectivity index (χ2v) is 8.23. The predicted molar refractivity (Wildman–Crippen MR) is 116 cm³/mol. The molecular formula is C24H23N3O4. The van der Waals surface area contributed by atoms with Crippen molar-refractivity contribution in [2.75, 3.05) is 18.6 Å². The van der Waals surface area contributed by atoms with Gasteiger partial charge in [0.2, 0.25) is 5.91 Å². The Bertz CT molecular complexity index is 1090. The van der Waals surface area contributed by atoms with Crippen LogP contribution in [0.15, 0.2) is 64.3 Å². The van der Waals surface area contributed by atoms with E-state index >= 15 is 0 Å². The van der Waals surface area contributed by atoms with Gasteiger partial charge in [-0.05, 0) is 61.3 Å². The number of hydrogen-bond donors (Lipinski definition) is 1. The summed E-state index contributed by atoms with van der Waals surface area (Å²) in [6.45, 7) is 0.302. The molecule has 0 saturated carbocycles. The lowest BCUT2D eigenvalue weighted by atomic mass is 9.85. The van der Waals surface area contributed by atoms with Crippen molar-refractivity contribution in [3.05, 3.63) is 59.3 Å². The molecule has 2 heterocycles. The van der Waals surface area contributed by atoms with Crippen LogP contribution in [0.3, 0.4) is 0 Å². The van der Waals surface area contributed by atoms with Crippen molar-refractivity contribution in [3.8, 4) is 5.75 Å². The van der Waals surface area contributed by atoms with Gasteiger partial charge in [0.05, 0.1) is 18.7 Å². The maximum Gasteiger partial charge on any atom is 0.251 e. The van der Waals surface area contributed by atoms with Crippen LogP contribution in [0.4, 0.5) is 5.69 Å². The molecule has 2 aliphatic carbocycles. The van der Waals surface area contributed by atoms with Gasteiger partial charge in [0.15, 0.2) is 0 Å². The summed E-state index contributed by atoms with van der Waals surface area (Å²) in [6, 6.07) is 7.19. The molecule has 4 aliphatic rings. The number of methoxy groups -OCH3 is 1. The number of rotatable bonds is 3. The number of amides is 3. The Morgan fingerprint density at radius 3 is 2.77 bits per heavy atom. The topological polar surface area (TPSA) is 88.1 Å². The van der Waals surface area contributed by atoms with Gasteiger partial charge >= 0.3 is 0 Å². The minimum atomic E-state index is -0.489. The van der Waals surface area contributed by atoms with Crippen molar-refractivity contribution in [3.63, 3.8) is 0 Å². The van der Waals surface area contributed by atoms with Gasteiger partial charge in [0, 0.05) is 35.8 Å². The highest BCUT2D eigenvalue weighted by Crippen LogP contribution is 2.39. The number of benzene rings is 1. The van der Waals surface area contributed by atoms with Crippen LogP contribution in [-0.4, -0.2) is 37.1 Å². The Balaban J connectivity index is 1.31. The number of carbonyl (C=O) groups excluding carboxylic acids is 3. The van der Waals surface area contributed by atoms with Crippen LogP contribution >= 0.6 is 0 Å². The molecule has 31 heavy (non-hydrogen) atoms. The minimum absolute atomic E-state index is 0.0347. The van der Waals surface area contributed by atoms with Crippen molar-refractivity contribution in [2.45, 2.75) is 25.7 Å². The average molecular weight is 417 g/mol. The second-order valence-electron chi connectivity index (χ2n) is 8.23. The Morgan fingerprint density at radius 2 is 2.00 bits per heavy atom. The lowest BCUT2D eigenvalue weighted by Gasteiger charge is -2.28. The standard InChI is InChI=1S/C24H23N3O4/c1-31-17-8-6-16(7-9-17)27-13-14(11-22(27)28)23(29)25-15-5-10-19-18-3-2-4-20(18)24(30)26-21(19)12-15/h5-10,12,14,19H,2-4,11,13H2,1H3,(H,26,30). The largest absolute Gasteiger partial charge is 0.497 e. The van der Waals surface area contributed by atoms with E-state index in [2.05, 4.69) is 10.3 Å². The molecule has 3 amide bonds. The molecule has 1 aromatic rings. The lowest BCUT2D eigenvalue weighted by Crippen LogP contribution is -2.35. The van der Waals surface area contributed by atoms with Crippen molar-refractivity contribution in [2.24, 2.45) is 16.8 Å². The first kappa shape index (κ1) is 19.5. The van der Waals surface area contributed by atoms with Crippen LogP contribution in [0.25, 0.3) is 0 Å². The number of nitrogens with one attached hydrogen (secondary N) is 1. The molecule has 2 unspecified atom stereocenters. The summed E-state index contributed by atoms with van der Waals surface area (Å²) >= 11 is 0. The number of ether oxygens (including phenoxy) is 1. The van der Waals surface area contributed by atoms with Gasteiger partial charge in [-0.15, -0.1) is 0 Å². The molecule has 1 fully saturated rings. The maximum absolute atomic E-state index is 12.8. The molecule has 2 atom stereocenters. The van der Waals surface area contributed by atoms with Gasteiger partial charge < -0.3 is 15.0 Å². The van der Waals surface area contributed by atoms with Gasteiger partial charge in [-0.3, -0.25) is 14.4 Å². The quantitative estimate of drug-likeness (QED) is 0.819.